The highest BCUT2D eigenvalue weighted by Gasteiger charge is 2.28. The summed E-state index contributed by atoms with van der Waals surface area (Å²) in [6.07, 6.45) is 2.44. The summed E-state index contributed by atoms with van der Waals surface area (Å²) in [4.78, 5) is 23.0. The van der Waals surface area contributed by atoms with Gasteiger partial charge in [-0.3, -0.25) is 0 Å². The largest absolute Gasteiger partial charge is 0.478 e. The van der Waals surface area contributed by atoms with Crippen LogP contribution in [-0.2, 0) is 4.74 Å². The van der Waals surface area contributed by atoms with Gasteiger partial charge < -0.3 is 15.2 Å². The number of aromatic carboxylic acids is 1. The SMILES string of the molecule is O=C(NCCC=Cc1c(F)cc(C(=O)O)cc1F)OCC1c2ccccc2-c2ccccc21. The number of nitrogens with one attached hydrogen (secondary N) is 1. The number of rotatable bonds is 7. The van der Waals surface area contributed by atoms with E-state index in [1.54, 1.807) is 0 Å². The zero-order valence-corrected chi connectivity index (χ0v) is 17.6. The molecule has 0 bridgehead atoms. The lowest BCUT2D eigenvalue weighted by Gasteiger charge is -2.14. The van der Waals surface area contributed by atoms with Crippen molar-refractivity contribution in [3.05, 3.63) is 101 Å². The molecule has 1 aliphatic carbocycles. The fourth-order valence-corrected chi connectivity index (χ4v) is 3.98. The van der Waals surface area contributed by atoms with E-state index in [1.807, 2.05) is 36.4 Å². The van der Waals surface area contributed by atoms with Gasteiger partial charge in [0.05, 0.1) is 5.56 Å². The summed E-state index contributed by atoms with van der Waals surface area (Å²) in [6.45, 7) is 0.408. The Morgan fingerprint density at radius 3 is 2.12 bits per heavy atom. The van der Waals surface area contributed by atoms with Crippen molar-refractivity contribution < 1.29 is 28.2 Å². The quantitative estimate of drug-likeness (QED) is 0.460. The van der Waals surface area contributed by atoms with Gasteiger partial charge in [0.2, 0.25) is 0 Å². The molecule has 0 radical (unpaired) electrons. The monoisotopic (exact) mass is 449 g/mol. The van der Waals surface area contributed by atoms with Gasteiger partial charge in [-0.05, 0) is 40.8 Å². The lowest BCUT2D eigenvalue weighted by molar-refractivity contribution is 0.0695. The molecule has 4 rings (SSSR count). The number of fused-ring (bicyclic) bond motifs is 3. The zero-order valence-electron chi connectivity index (χ0n) is 17.6. The number of hydrogen-bond acceptors (Lipinski definition) is 3. The first kappa shape index (κ1) is 22.2. The minimum atomic E-state index is -1.41. The topological polar surface area (TPSA) is 75.6 Å². The summed E-state index contributed by atoms with van der Waals surface area (Å²) in [6, 6.07) is 17.6. The second-order valence-corrected chi connectivity index (χ2v) is 7.60. The van der Waals surface area contributed by atoms with E-state index in [0.29, 0.717) is 6.42 Å². The molecule has 2 N–H and O–H groups in total. The predicted octanol–water partition coefficient (Wildman–Crippen LogP) is 5.61. The maximum atomic E-state index is 13.9. The first-order valence-electron chi connectivity index (χ1n) is 10.4. The van der Waals surface area contributed by atoms with Gasteiger partial charge in [0.15, 0.2) is 0 Å². The molecule has 0 unspecified atom stereocenters. The van der Waals surface area contributed by atoms with Gasteiger partial charge in [0.1, 0.15) is 18.2 Å². The van der Waals surface area contributed by atoms with E-state index in [4.69, 9.17) is 9.84 Å². The average Bonchev–Trinajstić information content (AvgIpc) is 3.12. The molecule has 0 atom stereocenters. The number of carboxylic acids is 1. The Kier molecular flexibility index (Phi) is 6.49. The summed E-state index contributed by atoms with van der Waals surface area (Å²) in [5.74, 6) is -3.38. The van der Waals surface area contributed by atoms with Crippen molar-refractivity contribution in [3.8, 4) is 11.1 Å². The Hall–Kier alpha value is -4.00. The minimum Gasteiger partial charge on any atom is -0.478 e. The van der Waals surface area contributed by atoms with Crippen molar-refractivity contribution >= 4 is 18.1 Å². The van der Waals surface area contributed by atoms with Crippen molar-refractivity contribution in [3.63, 3.8) is 0 Å². The maximum Gasteiger partial charge on any atom is 0.407 e. The van der Waals surface area contributed by atoms with E-state index in [0.717, 1.165) is 34.4 Å². The minimum absolute atomic E-state index is 0.0391. The second-order valence-electron chi connectivity index (χ2n) is 7.60. The molecule has 5 nitrogen and oxygen atoms in total. The second kappa shape index (κ2) is 9.65. The smallest absolute Gasteiger partial charge is 0.407 e. The highest BCUT2D eigenvalue weighted by atomic mass is 19.1. The number of alkyl carbamates (subject to hydrolysis) is 1. The third kappa shape index (κ3) is 4.77. The van der Waals surface area contributed by atoms with Crippen LogP contribution in [0.25, 0.3) is 17.2 Å². The van der Waals surface area contributed by atoms with E-state index in [-0.39, 0.29) is 24.6 Å². The third-order valence-corrected chi connectivity index (χ3v) is 5.53. The Morgan fingerprint density at radius 2 is 1.55 bits per heavy atom. The highest BCUT2D eigenvalue weighted by Crippen LogP contribution is 2.44. The molecule has 33 heavy (non-hydrogen) atoms. The van der Waals surface area contributed by atoms with Gasteiger partial charge in [0.25, 0.3) is 0 Å². The molecule has 168 valence electrons. The lowest BCUT2D eigenvalue weighted by atomic mass is 9.98. The van der Waals surface area contributed by atoms with Crippen LogP contribution in [0, 0.1) is 11.6 Å². The molecule has 3 aromatic rings. The number of carbonyl (C=O) groups is 2. The van der Waals surface area contributed by atoms with Crippen LogP contribution >= 0.6 is 0 Å². The Labute approximate surface area is 189 Å². The van der Waals surface area contributed by atoms with Crippen LogP contribution in [0.3, 0.4) is 0 Å². The van der Waals surface area contributed by atoms with Crippen LogP contribution in [0.1, 0.15) is 39.4 Å². The molecule has 0 saturated carbocycles. The Balaban J connectivity index is 1.29. The molecule has 3 aromatic carbocycles. The van der Waals surface area contributed by atoms with E-state index in [9.17, 15) is 18.4 Å². The Morgan fingerprint density at radius 1 is 0.970 bits per heavy atom. The van der Waals surface area contributed by atoms with Crippen molar-refractivity contribution in [2.45, 2.75) is 12.3 Å². The average molecular weight is 449 g/mol. The fraction of sp³-hybridized carbons (Fsp3) is 0.154. The summed E-state index contributed by atoms with van der Waals surface area (Å²) in [5, 5.41) is 11.4. The molecule has 7 heteroatoms. The molecule has 0 aliphatic heterocycles. The fourth-order valence-electron chi connectivity index (χ4n) is 3.98. The van der Waals surface area contributed by atoms with Gasteiger partial charge in [-0.25, -0.2) is 18.4 Å². The van der Waals surface area contributed by atoms with Crippen LogP contribution in [0.15, 0.2) is 66.7 Å². The number of halogens is 2. The molecule has 0 heterocycles. The van der Waals surface area contributed by atoms with Gasteiger partial charge in [-0.15, -0.1) is 0 Å². The van der Waals surface area contributed by atoms with Crippen LogP contribution < -0.4 is 5.32 Å². The van der Waals surface area contributed by atoms with E-state index >= 15 is 0 Å². The van der Waals surface area contributed by atoms with Gasteiger partial charge in [0, 0.05) is 18.0 Å². The highest BCUT2D eigenvalue weighted by molar-refractivity contribution is 5.88. The first-order valence-corrected chi connectivity index (χ1v) is 10.4. The molecule has 0 saturated heterocycles. The van der Waals surface area contributed by atoms with Crippen LogP contribution in [0.2, 0.25) is 0 Å². The molecular formula is C26H21F2NO4. The number of benzene rings is 3. The number of carbonyl (C=O) groups excluding carboxylic acids is 1. The number of amides is 1. The summed E-state index contributed by atoms with van der Waals surface area (Å²) >= 11 is 0. The van der Waals surface area contributed by atoms with Gasteiger partial charge in [-0.1, -0.05) is 60.7 Å². The number of ether oxygens (including phenoxy) is 1. The summed E-state index contributed by atoms with van der Waals surface area (Å²) in [5.41, 5.74) is 3.73. The predicted molar refractivity (Wildman–Crippen MR) is 120 cm³/mol. The molecule has 1 amide bonds. The standard InChI is InChI=1S/C26H21F2NO4/c27-23-13-16(25(30)31)14-24(28)21(23)11-5-6-12-29-26(32)33-15-22-19-9-3-1-7-17(19)18-8-2-4-10-20(18)22/h1-5,7-11,13-14,22H,6,12,15H2,(H,29,32)(H,30,31). The molecular weight excluding hydrogens is 428 g/mol. The van der Waals surface area contributed by atoms with Crippen molar-refractivity contribution in [2.24, 2.45) is 0 Å². The van der Waals surface area contributed by atoms with Gasteiger partial charge >= 0.3 is 12.1 Å². The first-order chi connectivity index (χ1) is 16.0. The molecule has 0 fully saturated rings. The van der Waals surface area contributed by atoms with E-state index in [2.05, 4.69) is 17.4 Å². The number of carboxylic acid groups (broad SMARTS) is 1. The van der Waals surface area contributed by atoms with Gasteiger partial charge in [-0.2, -0.15) is 0 Å². The van der Waals surface area contributed by atoms with Crippen molar-refractivity contribution in [2.75, 3.05) is 13.2 Å². The summed E-state index contributed by atoms with van der Waals surface area (Å²) < 4.78 is 33.3. The summed E-state index contributed by atoms with van der Waals surface area (Å²) in [7, 11) is 0. The third-order valence-electron chi connectivity index (χ3n) is 5.53. The van der Waals surface area contributed by atoms with E-state index < -0.39 is 29.3 Å². The van der Waals surface area contributed by atoms with Crippen molar-refractivity contribution in [1.82, 2.24) is 5.32 Å². The van der Waals surface area contributed by atoms with Crippen LogP contribution in [-0.4, -0.2) is 30.3 Å². The van der Waals surface area contributed by atoms with Crippen LogP contribution in [0.5, 0.6) is 0 Å². The lowest BCUT2D eigenvalue weighted by Crippen LogP contribution is -2.26. The Bertz CT molecular complexity index is 1170. The number of hydrogen-bond donors (Lipinski definition) is 2. The molecule has 1 aliphatic rings. The van der Waals surface area contributed by atoms with Crippen molar-refractivity contribution in [1.29, 1.82) is 0 Å². The molecule has 0 spiro atoms. The normalized spacial score (nSPS) is 12.4. The molecule has 0 aromatic heterocycles. The van der Waals surface area contributed by atoms with Crippen LogP contribution in [0.4, 0.5) is 13.6 Å². The van der Waals surface area contributed by atoms with E-state index in [1.165, 1.54) is 12.2 Å². The maximum absolute atomic E-state index is 13.9. The zero-order chi connectivity index (χ0) is 23.4.